The fourth-order valence-corrected chi connectivity index (χ4v) is 2.09. The van der Waals surface area contributed by atoms with Crippen LogP contribution in [0.25, 0.3) is 0 Å². The molecule has 0 bridgehead atoms. The first-order valence-electron chi connectivity index (χ1n) is 6.06. The first-order chi connectivity index (χ1) is 8.08. The van der Waals surface area contributed by atoms with Crippen molar-refractivity contribution in [3.8, 4) is 0 Å². The van der Waals surface area contributed by atoms with Crippen molar-refractivity contribution < 1.29 is 9.59 Å². The molecule has 0 atom stereocenters. The molecule has 1 aliphatic heterocycles. The lowest BCUT2D eigenvalue weighted by Gasteiger charge is -2.27. The third-order valence-electron chi connectivity index (χ3n) is 3.01. The van der Waals surface area contributed by atoms with E-state index in [0.717, 1.165) is 19.6 Å². The average Bonchev–Trinajstić information content (AvgIpc) is 2.27. The van der Waals surface area contributed by atoms with Gasteiger partial charge in [0.1, 0.15) is 0 Å². The quantitative estimate of drug-likeness (QED) is 0.606. The lowest BCUT2D eigenvalue weighted by atomic mass is 9.98. The highest BCUT2D eigenvalue weighted by Gasteiger charge is 2.15. The molecule has 1 aliphatic rings. The van der Waals surface area contributed by atoms with Crippen LogP contribution in [0.5, 0.6) is 0 Å². The van der Waals surface area contributed by atoms with Gasteiger partial charge in [0, 0.05) is 19.5 Å². The van der Waals surface area contributed by atoms with Crippen molar-refractivity contribution in [3.63, 3.8) is 0 Å². The van der Waals surface area contributed by atoms with E-state index in [0.29, 0.717) is 18.9 Å². The lowest BCUT2D eigenvalue weighted by molar-refractivity contribution is -0.120. The number of nitrogens with zero attached hydrogens (tertiary/aromatic N) is 1. The van der Waals surface area contributed by atoms with E-state index in [4.69, 9.17) is 5.73 Å². The Labute approximate surface area is 102 Å². The molecule has 1 heterocycles. The molecule has 1 rings (SSSR count). The monoisotopic (exact) mass is 242 g/mol. The van der Waals surface area contributed by atoms with Crippen molar-refractivity contribution in [2.24, 2.45) is 11.7 Å². The molecule has 0 radical (unpaired) electrons. The number of nitrogens with two attached hydrogens (primary N) is 1. The van der Waals surface area contributed by atoms with Gasteiger partial charge in [-0.2, -0.15) is 0 Å². The van der Waals surface area contributed by atoms with Crippen LogP contribution in [0.1, 0.15) is 19.3 Å². The predicted octanol–water partition coefficient (Wildman–Crippen LogP) is -0.497. The van der Waals surface area contributed by atoms with Crippen molar-refractivity contribution in [2.75, 3.05) is 33.2 Å². The normalized spacial score (nSPS) is 17.1. The maximum atomic E-state index is 11.2. The molecule has 3 amide bonds. The Kier molecular flexibility index (Phi) is 5.93. The van der Waals surface area contributed by atoms with Crippen LogP contribution in [-0.4, -0.2) is 50.1 Å². The number of nitrogens with one attached hydrogen (secondary N) is 2. The van der Waals surface area contributed by atoms with Gasteiger partial charge in [0.2, 0.25) is 5.91 Å². The summed E-state index contributed by atoms with van der Waals surface area (Å²) in [6.07, 6.45) is 2.69. The lowest BCUT2D eigenvalue weighted by Crippen LogP contribution is -2.38. The molecule has 0 aromatic rings. The maximum Gasteiger partial charge on any atom is 0.318 e. The van der Waals surface area contributed by atoms with E-state index < -0.39 is 6.03 Å². The SMILES string of the molecule is CN(CCC(=O)NC(N)=O)CC1CCNCC1. The Bertz CT molecular complexity index is 264. The first-order valence-corrected chi connectivity index (χ1v) is 6.06. The molecule has 1 saturated heterocycles. The minimum absolute atomic E-state index is 0.310. The van der Waals surface area contributed by atoms with E-state index in [1.807, 2.05) is 7.05 Å². The molecule has 17 heavy (non-hydrogen) atoms. The van der Waals surface area contributed by atoms with Gasteiger partial charge < -0.3 is 16.0 Å². The Morgan fingerprint density at radius 3 is 2.65 bits per heavy atom. The second-order valence-electron chi connectivity index (χ2n) is 4.62. The highest BCUT2D eigenvalue weighted by molar-refractivity contribution is 5.93. The Morgan fingerprint density at radius 1 is 1.41 bits per heavy atom. The number of carbonyl (C=O) groups excluding carboxylic acids is 2. The number of urea groups is 1. The largest absolute Gasteiger partial charge is 0.351 e. The summed E-state index contributed by atoms with van der Waals surface area (Å²) in [6.45, 7) is 3.83. The fourth-order valence-electron chi connectivity index (χ4n) is 2.09. The second kappa shape index (κ2) is 7.24. The second-order valence-corrected chi connectivity index (χ2v) is 4.62. The summed E-state index contributed by atoms with van der Waals surface area (Å²) in [5.74, 6) is 0.398. The van der Waals surface area contributed by atoms with Gasteiger partial charge in [0.05, 0.1) is 0 Å². The predicted molar refractivity (Wildman–Crippen MR) is 65.4 cm³/mol. The molecular formula is C11H22N4O2. The van der Waals surface area contributed by atoms with E-state index in [9.17, 15) is 9.59 Å². The van der Waals surface area contributed by atoms with E-state index in [-0.39, 0.29) is 5.91 Å². The summed E-state index contributed by atoms with van der Waals surface area (Å²) in [6, 6.07) is -0.781. The number of carbonyl (C=O) groups is 2. The van der Waals surface area contributed by atoms with E-state index >= 15 is 0 Å². The van der Waals surface area contributed by atoms with Gasteiger partial charge in [-0.05, 0) is 38.9 Å². The van der Waals surface area contributed by atoms with Crippen LogP contribution < -0.4 is 16.4 Å². The van der Waals surface area contributed by atoms with Gasteiger partial charge >= 0.3 is 6.03 Å². The van der Waals surface area contributed by atoms with Gasteiger partial charge in [0.15, 0.2) is 0 Å². The Morgan fingerprint density at radius 2 is 2.06 bits per heavy atom. The highest BCUT2D eigenvalue weighted by Crippen LogP contribution is 2.12. The van der Waals surface area contributed by atoms with Gasteiger partial charge in [-0.25, -0.2) is 4.79 Å². The molecule has 0 aromatic heterocycles. The van der Waals surface area contributed by atoms with Crippen molar-refractivity contribution in [1.29, 1.82) is 0 Å². The van der Waals surface area contributed by atoms with Crippen LogP contribution in [0.4, 0.5) is 4.79 Å². The number of hydrogen-bond donors (Lipinski definition) is 3. The summed E-state index contributed by atoms with van der Waals surface area (Å²) < 4.78 is 0. The van der Waals surface area contributed by atoms with Crippen LogP contribution in [0.2, 0.25) is 0 Å². The summed E-state index contributed by atoms with van der Waals surface area (Å²) in [4.78, 5) is 23.8. The topological polar surface area (TPSA) is 87.5 Å². The van der Waals surface area contributed by atoms with Crippen molar-refractivity contribution in [1.82, 2.24) is 15.5 Å². The molecule has 6 heteroatoms. The Hall–Kier alpha value is -1.14. The number of piperidine rings is 1. The molecule has 1 fully saturated rings. The summed E-state index contributed by atoms with van der Waals surface area (Å²) >= 11 is 0. The van der Waals surface area contributed by atoms with E-state index in [1.165, 1.54) is 12.8 Å². The number of rotatable bonds is 5. The molecule has 0 unspecified atom stereocenters. The van der Waals surface area contributed by atoms with Gasteiger partial charge in [-0.1, -0.05) is 0 Å². The van der Waals surface area contributed by atoms with Crippen LogP contribution in [0.15, 0.2) is 0 Å². The number of amides is 3. The molecule has 98 valence electrons. The molecule has 0 spiro atoms. The maximum absolute atomic E-state index is 11.2. The average molecular weight is 242 g/mol. The first kappa shape index (κ1) is 13.9. The zero-order chi connectivity index (χ0) is 12.7. The standard InChI is InChI=1S/C11H22N4O2/c1-15(7-4-10(16)14-11(12)17)8-9-2-5-13-6-3-9/h9,13H,2-8H2,1H3,(H3,12,14,16,17). The number of hydrogen-bond acceptors (Lipinski definition) is 4. The molecule has 0 aromatic carbocycles. The van der Waals surface area contributed by atoms with E-state index in [2.05, 4.69) is 15.5 Å². The minimum Gasteiger partial charge on any atom is -0.351 e. The van der Waals surface area contributed by atoms with Crippen LogP contribution in [0, 0.1) is 5.92 Å². The molecule has 4 N–H and O–H groups in total. The minimum atomic E-state index is -0.781. The number of imide groups is 1. The van der Waals surface area contributed by atoms with Gasteiger partial charge in [-0.15, -0.1) is 0 Å². The van der Waals surface area contributed by atoms with Crippen molar-refractivity contribution >= 4 is 11.9 Å². The van der Waals surface area contributed by atoms with Crippen LogP contribution in [-0.2, 0) is 4.79 Å². The molecule has 6 nitrogen and oxygen atoms in total. The van der Waals surface area contributed by atoms with E-state index in [1.54, 1.807) is 0 Å². The smallest absolute Gasteiger partial charge is 0.318 e. The van der Waals surface area contributed by atoms with Gasteiger partial charge in [0.25, 0.3) is 0 Å². The van der Waals surface area contributed by atoms with Crippen molar-refractivity contribution in [3.05, 3.63) is 0 Å². The summed E-state index contributed by atoms with van der Waals surface area (Å²) in [7, 11) is 2.00. The zero-order valence-electron chi connectivity index (χ0n) is 10.4. The summed E-state index contributed by atoms with van der Waals surface area (Å²) in [5, 5.41) is 5.39. The highest BCUT2D eigenvalue weighted by atomic mass is 16.2. The van der Waals surface area contributed by atoms with Crippen LogP contribution >= 0.6 is 0 Å². The summed E-state index contributed by atoms with van der Waals surface area (Å²) in [5.41, 5.74) is 4.86. The Balaban J connectivity index is 2.13. The van der Waals surface area contributed by atoms with Crippen LogP contribution in [0.3, 0.4) is 0 Å². The zero-order valence-corrected chi connectivity index (χ0v) is 10.4. The van der Waals surface area contributed by atoms with Gasteiger partial charge in [-0.3, -0.25) is 10.1 Å². The third kappa shape index (κ3) is 6.23. The fraction of sp³-hybridized carbons (Fsp3) is 0.818. The third-order valence-corrected chi connectivity index (χ3v) is 3.01. The van der Waals surface area contributed by atoms with Crippen molar-refractivity contribution in [2.45, 2.75) is 19.3 Å². The molecule has 0 saturated carbocycles. The number of primary amides is 1. The molecular weight excluding hydrogens is 220 g/mol. The molecule has 0 aliphatic carbocycles.